The Kier molecular flexibility index (Phi) is 4.04. The molecule has 0 N–H and O–H groups in total. The Balaban J connectivity index is 2.11. The summed E-state index contributed by atoms with van der Waals surface area (Å²) in [5.41, 5.74) is 0.128. The third-order valence-electron chi connectivity index (χ3n) is 3.31. The summed E-state index contributed by atoms with van der Waals surface area (Å²) < 4.78 is 11.4. The van der Waals surface area contributed by atoms with Crippen molar-refractivity contribution in [2.24, 2.45) is 0 Å². The minimum atomic E-state index is -0.476. The molecule has 1 saturated heterocycles. The largest absolute Gasteiger partial charge is 0.444 e. The van der Waals surface area contributed by atoms with Crippen molar-refractivity contribution in [1.29, 1.82) is 0 Å². The average Bonchev–Trinajstić information content (AvgIpc) is 2.38. The number of hydrogen-bond donors (Lipinski definition) is 0. The predicted octanol–water partition coefficient (Wildman–Crippen LogP) is 3.17. The SMILES string of the molecule is CC(C)(C)OC(=O)N1CCOC(C)(c2ccccc2)C1. The van der Waals surface area contributed by atoms with Gasteiger partial charge in [0.15, 0.2) is 0 Å². The van der Waals surface area contributed by atoms with Crippen LogP contribution in [0.1, 0.15) is 33.3 Å². The fraction of sp³-hybridized carbons (Fsp3) is 0.562. The lowest BCUT2D eigenvalue weighted by Crippen LogP contribution is -2.51. The maximum Gasteiger partial charge on any atom is 0.410 e. The molecular formula is C16H23NO3. The van der Waals surface area contributed by atoms with Gasteiger partial charge in [0, 0.05) is 6.54 Å². The lowest BCUT2D eigenvalue weighted by atomic mass is 9.94. The highest BCUT2D eigenvalue weighted by Crippen LogP contribution is 2.29. The lowest BCUT2D eigenvalue weighted by molar-refractivity contribution is -0.103. The van der Waals surface area contributed by atoms with Crippen molar-refractivity contribution < 1.29 is 14.3 Å². The van der Waals surface area contributed by atoms with Gasteiger partial charge < -0.3 is 14.4 Å². The summed E-state index contributed by atoms with van der Waals surface area (Å²) >= 11 is 0. The fourth-order valence-electron chi connectivity index (χ4n) is 2.32. The Labute approximate surface area is 120 Å². The number of rotatable bonds is 1. The number of carbonyl (C=O) groups is 1. The number of ether oxygens (including phenoxy) is 2. The summed E-state index contributed by atoms with van der Waals surface area (Å²) in [5.74, 6) is 0. The Bertz CT molecular complexity index is 466. The predicted molar refractivity (Wildman–Crippen MR) is 77.6 cm³/mol. The van der Waals surface area contributed by atoms with E-state index in [0.29, 0.717) is 19.7 Å². The summed E-state index contributed by atoms with van der Waals surface area (Å²) in [7, 11) is 0. The number of nitrogens with zero attached hydrogens (tertiary/aromatic N) is 1. The van der Waals surface area contributed by atoms with Crippen LogP contribution in [0.15, 0.2) is 30.3 Å². The Morgan fingerprint density at radius 2 is 1.95 bits per heavy atom. The van der Waals surface area contributed by atoms with Crippen LogP contribution in [-0.2, 0) is 15.1 Å². The molecule has 1 atom stereocenters. The zero-order chi connectivity index (χ0) is 14.8. The number of hydrogen-bond acceptors (Lipinski definition) is 3. The molecule has 1 aromatic carbocycles. The molecule has 0 bridgehead atoms. The fourth-order valence-corrected chi connectivity index (χ4v) is 2.32. The van der Waals surface area contributed by atoms with E-state index >= 15 is 0 Å². The van der Waals surface area contributed by atoms with Crippen LogP contribution in [0.25, 0.3) is 0 Å². The van der Waals surface area contributed by atoms with Crippen LogP contribution < -0.4 is 0 Å². The molecule has 20 heavy (non-hydrogen) atoms. The molecule has 4 heteroatoms. The van der Waals surface area contributed by atoms with E-state index in [1.807, 2.05) is 58.0 Å². The molecule has 0 aromatic heterocycles. The van der Waals surface area contributed by atoms with Gasteiger partial charge in [-0.2, -0.15) is 0 Å². The van der Waals surface area contributed by atoms with E-state index in [-0.39, 0.29) is 6.09 Å². The van der Waals surface area contributed by atoms with Crippen LogP contribution in [-0.4, -0.2) is 36.3 Å². The standard InChI is InChI=1S/C16H23NO3/c1-15(2,3)20-14(18)17-10-11-19-16(4,12-17)13-8-6-5-7-9-13/h5-9H,10-12H2,1-4H3. The van der Waals surface area contributed by atoms with Crippen LogP contribution in [0, 0.1) is 0 Å². The Hall–Kier alpha value is -1.55. The summed E-state index contributed by atoms with van der Waals surface area (Å²) in [6.45, 7) is 9.23. The van der Waals surface area contributed by atoms with Gasteiger partial charge >= 0.3 is 6.09 Å². The molecule has 1 unspecified atom stereocenters. The molecule has 1 aromatic rings. The topological polar surface area (TPSA) is 38.8 Å². The molecule has 2 rings (SSSR count). The molecule has 1 heterocycles. The van der Waals surface area contributed by atoms with E-state index in [9.17, 15) is 4.79 Å². The van der Waals surface area contributed by atoms with Crippen molar-refractivity contribution in [2.75, 3.05) is 19.7 Å². The zero-order valence-corrected chi connectivity index (χ0v) is 12.7. The van der Waals surface area contributed by atoms with Gasteiger partial charge in [0.2, 0.25) is 0 Å². The number of amides is 1. The Morgan fingerprint density at radius 3 is 2.55 bits per heavy atom. The number of benzene rings is 1. The van der Waals surface area contributed by atoms with Crippen LogP contribution in [0.4, 0.5) is 4.79 Å². The molecule has 0 spiro atoms. The molecule has 1 aliphatic heterocycles. The van der Waals surface area contributed by atoms with Crippen LogP contribution >= 0.6 is 0 Å². The smallest absolute Gasteiger partial charge is 0.410 e. The normalized spacial score (nSPS) is 23.5. The molecule has 1 amide bonds. The van der Waals surface area contributed by atoms with Crippen molar-refractivity contribution >= 4 is 6.09 Å². The van der Waals surface area contributed by atoms with Crippen molar-refractivity contribution in [3.63, 3.8) is 0 Å². The molecule has 4 nitrogen and oxygen atoms in total. The molecule has 0 saturated carbocycles. The highest BCUT2D eigenvalue weighted by atomic mass is 16.6. The van der Waals surface area contributed by atoms with Gasteiger partial charge in [0.05, 0.1) is 13.2 Å². The molecule has 0 radical (unpaired) electrons. The third-order valence-corrected chi connectivity index (χ3v) is 3.31. The maximum absolute atomic E-state index is 12.2. The molecule has 0 aliphatic carbocycles. The molecule has 1 aliphatic rings. The van der Waals surface area contributed by atoms with E-state index in [1.165, 1.54) is 0 Å². The van der Waals surface area contributed by atoms with Crippen LogP contribution in [0.2, 0.25) is 0 Å². The minimum Gasteiger partial charge on any atom is -0.444 e. The van der Waals surface area contributed by atoms with Gasteiger partial charge in [0.25, 0.3) is 0 Å². The van der Waals surface area contributed by atoms with Gasteiger partial charge in [-0.05, 0) is 33.3 Å². The first-order valence-corrected chi connectivity index (χ1v) is 6.98. The first-order chi connectivity index (χ1) is 9.30. The molecule has 1 fully saturated rings. The minimum absolute atomic E-state index is 0.275. The Morgan fingerprint density at radius 1 is 1.30 bits per heavy atom. The second kappa shape index (κ2) is 5.44. The van der Waals surface area contributed by atoms with E-state index < -0.39 is 11.2 Å². The van der Waals surface area contributed by atoms with E-state index in [2.05, 4.69) is 0 Å². The summed E-state index contributed by atoms with van der Waals surface area (Å²) in [5, 5.41) is 0. The third kappa shape index (κ3) is 3.51. The monoisotopic (exact) mass is 277 g/mol. The average molecular weight is 277 g/mol. The van der Waals surface area contributed by atoms with Gasteiger partial charge in [-0.15, -0.1) is 0 Å². The maximum atomic E-state index is 12.2. The number of carbonyl (C=O) groups excluding carboxylic acids is 1. The van der Waals surface area contributed by atoms with Gasteiger partial charge in [0.1, 0.15) is 11.2 Å². The van der Waals surface area contributed by atoms with Gasteiger partial charge in [-0.3, -0.25) is 0 Å². The first-order valence-electron chi connectivity index (χ1n) is 6.98. The highest BCUT2D eigenvalue weighted by Gasteiger charge is 2.37. The second-order valence-corrected chi connectivity index (χ2v) is 6.35. The van der Waals surface area contributed by atoms with Gasteiger partial charge in [-0.25, -0.2) is 4.79 Å². The van der Waals surface area contributed by atoms with E-state index in [1.54, 1.807) is 4.90 Å². The quantitative estimate of drug-likeness (QED) is 0.791. The highest BCUT2D eigenvalue weighted by molar-refractivity contribution is 5.68. The van der Waals surface area contributed by atoms with Gasteiger partial charge in [-0.1, -0.05) is 30.3 Å². The van der Waals surface area contributed by atoms with E-state index in [4.69, 9.17) is 9.47 Å². The molecule has 110 valence electrons. The lowest BCUT2D eigenvalue weighted by Gasteiger charge is -2.41. The van der Waals surface area contributed by atoms with Crippen molar-refractivity contribution in [3.8, 4) is 0 Å². The zero-order valence-electron chi connectivity index (χ0n) is 12.7. The van der Waals surface area contributed by atoms with Crippen molar-refractivity contribution in [1.82, 2.24) is 4.90 Å². The summed E-state index contributed by atoms with van der Waals surface area (Å²) in [6.07, 6.45) is -0.275. The van der Waals surface area contributed by atoms with Crippen molar-refractivity contribution in [2.45, 2.75) is 38.9 Å². The second-order valence-electron chi connectivity index (χ2n) is 6.35. The summed E-state index contributed by atoms with van der Waals surface area (Å²) in [4.78, 5) is 13.9. The van der Waals surface area contributed by atoms with E-state index in [0.717, 1.165) is 5.56 Å². The van der Waals surface area contributed by atoms with Crippen molar-refractivity contribution in [3.05, 3.63) is 35.9 Å². The van der Waals surface area contributed by atoms with Crippen LogP contribution in [0.3, 0.4) is 0 Å². The number of morpholine rings is 1. The first kappa shape index (κ1) is 14.9. The summed E-state index contributed by atoms with van der Waals surface area (Å²) in [6, 6.07) is 9.99. The van der Waals surface area contributed by atoms with Crippen LogP contribution in [0.5, 0.6) is 0 Å². The molecular weight excluding hydrogens is 254 g/mol.